The number of aromatic amines is 1. The van der Waals surface area contributed by atoms with Gasteiger partial charge in [0, 0.05) is 24.7 Å². The molecular weight excluding hydrogens is 446 g/mol. The molecule has 0 aliphatic carbocycles. The molecule has 3 atom stereocenters. The Labute approximate surface area is 194 Å². The molecule has 0 saturated carbocycles. The molecule has 1 aromatic carbocycles. The fraction of sp³-hybridized carbons (Fsp3) is 0.333. The van der Waals surface area contributed by atoms with Crippen LogP contribution in [-0.2, 0) is 36.8 Å². The van der Waals surface area contributed by atoms with E-state index in [0.29, 0.717) is 11.3 Å². The molecule has 13 heteroatoms. The number of carbonyl (C=O) groups is 5. The highest BCUT2D eigenvalue weighted by molar-refractivity contribution is 5.94. The summed E-state index contributed by atoms with van der Waals surface area (Å²) in [5, 5.41) is 16.6. The first-order valence-corrected chi connectivity index (χ1v) is 10.3. The van der Waals surface area contributed by atoms with Crippen LogP contribution in [0.2, 0.25) is 0 Å². The summed E-state index contributed by atoms with van der Waals surface area (Å²) in [6, 6.07) is 4.81. The number of aromatic nitrogens is 2. The van der Waals surface area contributed by atoms with Gasteiger partial charge in [-0.05, 0) is 5.56 Å². The van der Waals surface area contributed by atoms with E-state index in [9.17, 15) is 29.1 Å². The van der Waals surface area contributed by atoms with Gasteiger partial charge in [-0.2, -0.15) is 0 Å². The van der Waals surface area contributed by atoms with Crippen LogP contribution in [0, 0.1) is 0 Å². The van der Waals surface area contributed by atoms with Crippen molar-refractivity contribution in [1.82, 2.24) is 25.9 Å². The van der Waals surface area contributed by atoms with Gasteiger partial charge in [-0.3, -0.25) is 19.2 Å². The molecule has 4 amide bonds. The van der Waals surface area contributed by atoms with E-state index in [4.69, 9.17) is 11.5 Å². The largest absolute Gasteiger partial charge is 0.480 e. The van der Waals surface area contributed by atoms with Gasteiger partial charge in [0.05, 0.1) is 19.3 Å². The standard InChI is InChI=1S/C21H27N7O6/c22-9-18(30)26-15(7-13-10-24-11-25-13)20(32)27-14(6-12-4-2-1-3-5-12)19(31)28-16(21(33)34)8-17(23)29/h1-5,10-11,14-16H,6-9,22H2,(H2,23,29)(H,24,25)(H,26,30)(H,27,32)(H,28,31)(H,33,34). The summed E-state index contributed by atoms with van der Waals surface area (Å²) in [5.74, 6) is -4.49. The molecular formula is C21H27N7O6. The summed E-state index contributed by atoms with van der Waals surface area (Å²) in [4.78, 5) is 67.2. The number of H-pyrrole nitrogens is 1. The van der Waals surface area contributed by atoms with E-state index in [1.807, 2.05) is 0 Å². The van der Waals surface area contributed by atoms with Gasteiger partial charge in [0.25, 0.3) is 0 Å². The van der Waals surface area contributed by atoms with Gasteiger partial charge in [0.1, 0.15) is 18.1 Å². The molecule has 0 aliphatic rings. The Morgan fingerprint density at radius 3 is 2.09 bits per heavy atom. The van der Waals surface area contributed by atoms with Gasteiger partial charge in [0.2, 0.25) is 23.6 Å². The van der Waals surface area contributed by atoms with E-state index in [0.717, 1.165) is 0 Å². The van der Waals surface area contributed by atoms with Crippen LogP contribution in [0.1, 0.15) is 17.7 Å². The summed E-state index contributed by atoms with van der Waals surface area (Å²) in [7, 11) is 0. The number of nitrogens with two attached hydrogens (primary N) is 2. The average Bonchev–Trinajstić information content (AvgIpc) is 3.31. The monoisotopic (exact) mass is 473 g/mol. The Morgan fingerprint density at radius 1 is 0.941 bits per heavy atom. The normalized spacial score (nSPS) is 13.2. The summed E-state index contributed by atoms with van der Waals surface area (Å²) < 4.78 is 0. The number of nitrogens with zero attached hydrogens (tertiary/aromatic N) is 1. The van der Waals surface area contributed by atoms with Crippen LogP contribution in [0.3, 0.4) is 0 Å². The van der Waals surface area contributed by atoms with E-state index in [1.54, 1.807) is 30.3 Å². The van der Waals surface area contributed by atoms with Crippen molar-refractivity contribution in [3.8, 4) is 0 Å². The Bertz CT molecular complexity index is 996. The number of benzene rings is 1. The summed E-state index contributed by atoms with van der Waals surface area (Å²) in [5.41, 5.74) is 11.6. The number of imidazole rings is 1. The van der Waals surface area contributed by atoms with Gasteiger partial charge in [0.15, 0.2) is 0 Å². The van der Waals surface area contributed by atoms with Crippen LogP contribution in [0.25, 0.3) is 0 Å². The molecule has 2 rings (SSSR count). The summed E-state index contributed by atoms with van der Waals surface area (Å²) in [6.45, 7) is -0.353. The lowest BCUT2D eigenvalue weighted by atomic mass is 10.0. The molecule has 2 aromatic rings. The van der Waals surface area contributed by atoms with Crippen molar-refractivity contribution in [2.45, 2.75) is 37.4 Å². The van der Waals surface area contributed by atoms with Crippen molar-refractivity contribution in [2.24, 2.45) is 11.5 Å². The third-order valence-corrected chi connectivity index (χ3v) is 4.75. The number of rotatable bonds is 13. The number of carboxylic acid groups (broad SMARTS) is 1. The first kappa shape index (κ1) is 26.0. The number of carbonyl (C=O) groups excluding carboxylic acids is 4. The average molecular weight is 473 g/mol. The maximum absolute atomic E-state index is 13.1. The minimum atomic E-state index is -1.57. The predicted octanol–water partition coefficient (Wildman–Crippen LogP) is -2.43. The van der Waals surface area contributed by atoms with Crippen molar-refractivity contribution in [2.75, 3.05) is 6.54 Å². The summed E-state index contributed by atoms with van der Waals surface area (Å²) >= 11 is 0. The van der Waals surface area contributed by atoms with Gasteiger partial charge in [-0.1, -0.05) is 30.3 Å². The van der Waals surface area contributed by atoms with Crippen LogP contribution in [0.4, 0.5) is 0 Å². The van der Waals surface area contributed by atoms with Crippen LogP contribution in [0.15, 0.2) is 42.9 Å². The zero-order valence-electron chi connectivity index (χ0n) is 18.2. The number of hydrogen-bond acceptors (Lipinski definition) is 7. The highest BCUT2D eigenvalue weighted by atomic mass is 16.4. The molecule has 1 aromatic heterocycles. The Balaban J connectivity index is 2.24. The number of carboxylic acids is 1. The quantitative estimate of drug-likeness (QED) is 0.165. The third-order valence-electron chi connectivity index (χ3n) is 4.75. The Hall–Kier alpha value is -4.26. The topological polar surface area (TPSA) is 222 Å². The maximum atomic E-state index is 13.1. The van der Waals surface area contributed by atoms with Crippen LogP contribution in [0.5, 0.6) is 0 Å². The molecule has 0 radical (unpaired) electrons. The maximum Gasteiger partial charge on any atom is 0.326 e. The molecule has 0 bridgehead atoms. The molecule has 13 nitrogen and oxygen atoms in total. The number of nitrogens with one attached hydrogen (secondary N) is 4. The van der Waals surface area contributed by atoms with Crippen molar-refractivity contribution in [3.05, 3.63) is 54.1 Å². The Morgan fingerprint density at radius 2 is 1.56 bits per heavy atom. The van der Waals surface area contributed by atoms with E-state index in [2.05, 4.69) is 25.9 Å². The second-order valence-corrected chi connectivity index (χ2v) is 7.43. The molecule has 0 spiro atoms. The molecule has 9 N–H and O–H groups in total. The fourth-order valence-corrected chi connectivity index (χ4v) is 3.08. The van der Waals surface area contributed by atoms with E-state index >= 15 is 0 Å². The van der Waals surface area contributed by atoms with Crippen molar-refractivity contribution in [1.29, 1.82) is 0 Å². The Kier molecular flexibility index (Phi) is 9.71. The lowest BCUT2D eigenvalue weighted by Gasteiger charge is -2.24. The molecule has 0 fully saturated rings. The van der Waals surface area contributed by atoms with Crippen LogP contribution >= 0.6 is 0 Å². The van der Waals surface area contributed by atoms with Gasteiger partial charge < -0.3 is 37.5 Å². The number of primary amides is 1. The lowest BCUT2D eigenvalue weighted by molar-refractivity contribution is -0.143. The molecule has 182 valence electrons. The SMILES string of the molecule is NCC(=O)NC(Cc1cnc[nH]1)C(=O)NC(Cc1ccccc1)C(=O)NC(CC(N)=O)C(=O)O. The van der Waals surface area contributed by atoms with Crippen molar-refractivity contribution < 1.29 is 29.1 Å². The van der Waals surface area contributed by atoms with Crippen LogP contribution < -0.4 is 27.4 Å². The highest BCUT2D eigenvalue weighted by Crippen LogP contribution is 2.06. The van der Waals surface area contributed by atoms with Gasteiger partial charge >= 0.3 is 5.97 Å². The van der Waals surface area contributed by atoms with E-state index in [-0.39, 0.29) is 19.4 Å². The zero-order valence-corrected chi connectivity index (χ0v) is 18.2. The predicted molar refractivity (Wildman–Crippen MR) is 119 cm³/mol. The first-order valence-electron chi connectivity index (χ1n) is 10.3. The van der Waals surface area contributed by atoms with E-state index < -0.39 is 54.1 Å². The molecule has 0 aliphatic heterocycles. The minimum absolute atomic E-state index is 0.0168. The molecule has 3 unspecified atom stereocenters. The second kappa shape index (κ2) is 12.7. The molecule has 0 saturated heterocycles. The summed E-state index contributed by atoms with van der Waals surface area (Å²) in [6.07, 6.45) is 2.32. The second-order valence-electron chi connectivity index (χ2n) is 7.43. The highest BCUT2D eigenvalue weighted by Gasteiger charge is 2.30. The third kappa shape index (κ3) is 8.35. The first-order chi connectivity index (χ1) is 16.2. The van der Waals surface area contributed by atoms with Gasteiger partial charge in [-0.25, -0.2) is 9.78 Å². The van der Waals surface area contributed by atoms with Crippen molar-refractivity contribution >= 4 is 29.6 Å². The minimum Gasteiger partial charge on any atom is -0.480 e. The molecule has 1 heterocycles. The number of aliphatic carboxylic acids is 1. The number of amides is 4. The fourth-order valence-electron chi connectivity index (χ4n) is 3.08. The molecule has 34 heavy (non-hydrogen) atoms. The van der Waals surface area contributed by atoms with Crippen molar-refractivity contribution in [3.63, 3.8) is 0 Å². The van der Waals surface area contributed by atoms with Gasteiger partial charge in [-0.15, -0.1) is 0 Å². The van der Waals surface area contributed by atoms with E-state index in [1.165, 1.54) is 12.5 Å². The number of hydrogen-bond donors (Lipinski definition) is 7. The van der Waals surface area contributed by atoms with Crippen LogP contribution in [-0.4, -0.2) is 69.3 Å². The smallest absolute Gasteiger partial charge is 0.326 e. The lowest BCUT2D eigenvalue weighted by Crippen LogP contribution is -2.57. The zero-order chi connectivity index (χ0) is 25.1.